The maximum absolute atomic E-state index is 11.1. The number of aliphatic hydroxyl groups excluding tert-OH is 1. The van der Waals surface area contributed by atoms with Crippen LogP contribution >= 0.6 is 0 Å². The zero-order valence-corrected chi connectivity index (χ0v) is 8.09. The second kappa shape index (κ2) is 2.22. The predicted molar refractivity (Wildman–Crippen MR) is 46.3 cm³/mol. The van der Waals surface area contributed by atoms with Crippen LogP contribution in [0.5, 0.6) is 0 Å². The lowest BCUT2D eigenvalue weighted by Crippen LogP contribution is -2.67. The van der Waals surface area contributed by atoms with Crippen molar-refractivity contribution in [2.75, 3.05) is 0 Å². The SMILES string of the molecule is CC1(C)C(O)C(C)(C)C1C(N)=O. The molecule has 0 aromatic rings. The van der Waals surface area contributed by atoms with Gasteiger partial charge in [-0.05, 0) is 0 Å². The van der Waals surface area contributed by atoms with Crippen molar-refractivity contribution in [3.63, 3.8) is 0 Å². The Balaban J connectivity index is 2.94. The third-order valence-electron chi connectivity index (χ3n) is 3.18. The highest BCUT2D eigenvalue weighted by Gasteiger charge is 2.63. The molecule has 0 saturated heterocycles. The van der Waals surface area contributed by atoms with Gasteiger partial charge in [0.05, 0.1) is 12.0 Å². The number of hydrogen-bond acceptors (Lipinski definition) is 2. The fraction of sp³-hybridized carbons (Fsp3) is 0.889. The molecule has 0 spiro atoms. The van der Waals surface area contributed by atoms with Gasteiger partial charge in [-0.2, -0.15) is 0 Å². The van der Waals surface area contributed by atoms with Crippen LogP contribution < -0.4 is 5.73 Å². The van der Waals surface area contributed by atoms with Gasteiger partial charge in [-0.1, -0.05) is 27.7 Å². The lowest BCUT2D eigenvalue weighted by atomic mass is 9.45. The van der Waals surface area contributed by atoms with E-state index in [1.165, 1.54) is 0 Å². The first-order valence-electron chi connectivity index (χ1n) is 4.19. The van der Waals surface area contributed by atoms with E-state index in [1.807, 2.05) is 27.7 Å². The molecule has 0 radical (unpaired) electrons. The van der Waals surface area contributed by atoms with E-state index in [-0.39, 0.29) is 22.7 Å². The summed E-state index contributed by atoms with van der Waals surface area (Å²) in [4.78, 5) is 11.1. The molecule has 0 aromatic heterocycles. The number of carbonyl (C=O) groups is 1. The number of amides is 1. The molecule has 0 unspecified atom stereocenters. The molecule has 1 saturated carbocycles. The van der Waals surface area contributed by atoms with E-state index in [4.69, 9.17) is 5.73 Å². The van der Waals surface area contributed by atoms with Crippen molar-refractivity contribution < 1.29 is 9.90 Å². The third kappa shape index (κ3) is 0.891. The monoisotopic (exact) mass is 171 g/mol. The molecule has 1 aliphatic carbocycles. The largest absolute Gasteiger partial charge is 0.392 e. The highest BCUT2D eigenvalue weighted by molar-refractivity contribution is 5.80. The molecule has 1 rings (SSSR count). The fourth-order valence-corrected chi connectivity index (χ4v) is 2.87. The van der Waals surface area contributed by atoms with Crippen LogP contribution in [0, 0.1) is 16.7 Å². The second-order valence-electron chi connectivity index (χ2n) is 4.88. The number of nitrogens with two attached hydrogens (primary N) is 1. The van der Waals surface area contributed by atoms with Crippen molar-refractivity contribution in [2.45, 2.75) is 33.8 Å². The number of hydrogen-bond donors (Lipinski definition) is 2. The second-order valence-corrected chi connectivity index (χ2v) is 4.88. The minimum atomic E-state index is -0.442. The average Bonchev–Trinajstić information content (AvgIpc) is 1.83. The lowest BCUT2D eigenvalue weighted by Gasteiger charge is -2.60. The van der Waals surface area contributed by atoms with Gasteiger partial charge in [-0.15, -0.1) is 0 Å². The van der Waals surface area contributed by atoms with Gasteiger partial charge in [-0.3, -0.25) is 4.79 Å². The van der Waals surface area contributed by atoms with Gasteiger partial charge in [0.15, 0.2) is 0 Å². The molecule has 3 heteroatoms. The Kier molecular flexibility index (Phi) is 1.76. The molecular weight excluding hydrogens is 154 g/mol. The van der Waals surface area contributed by atoms with E-state index in [0.717, 1.165) is 0 Å². The molecule has 1 amide bonds. The summed E-state index contributed by atoms with van der Waals surface area (Å²) in [5.41, 5.74) is 4.53. The Bertz CT molecular complexity index is 205. The zero-order valence-electron chi connectivity index (χ0n) is 8.09. The van der Waals surface area contributed by atoms with Gasteiger partial charge in [0.2, 0.25) is 5.91 Å². The van der Waals surface area contributed by atoms with Crippen molar-refractivity contribution >= 4 is 5.91 Å². The maximum Gasteiger partial charge on any atom is 0.221 e. The third-order valence-corrected chi connectivity index (χ3v) is 3.18. The number of aliphatic hydroxyl groups is 1. The minimum Gasteiger partial charge on any atom is -0.392 e. The Morgan fingerprint density at radius 1 is 1.25 bits per heavy atom. The van der Waals surface area contributed by atoms with Crippen molar-refractivity contribution in [3.05, 3.63) is 0 Å². The van der Waals surface area contributed by atoms with E-state index in [1.54, 1.807) is 0 Å². The lowest BCUT2D eigenvalue weighted by molar-refractivity contribution is -0.210. The van der Waals surface area contributed by atoms with E-state index in [9.17, 15) is 9.90 Å². The quantitative estimate of drug-likeness (QED) is 0.604. The van der Waals surface area contributed by atoms with Crippen LogP contribution in [0.4, 0.5) is 0 Å². The maximum atomic E-state index is 11.1. The molecule has 0 aromatic carbocycles. The molecule has 0 aliphatic heterocycles. The first kappa shape index (κ1) is 9.52. The molecular formula is C9H17NO2. The van der Waals surface area contributed by atoms with E-state index >= 15 is 0 Å². The van der Waals surface area contributed by atoms with Crippen LogP contribution in [0.3, 0.4) is 0 Å². The smallest absolute Gasteiger partial charge is 0.221 e. The van der Waals surface area contributed by atoms with Crippen molar-refractivity contribution in [2.24, 2.45) is 22.5 Å². The zero-order chi connectivity index (χ0) is 9.73. The summed E-state index contributed by atoms with van der Waals surface area (Å²) >= 11 is 0. The first-order valence-corrected chi connectivity index (χ1v) is 4.19. The normalized spacial score (nSPS) is 37.1. The Hall–Kier alpha value is -0.570. The van der Waals surface area contributed by atoms with Crippen LogP contribution in [0.1, 0.15) is 27.7 Å². The number of carbonyl (C=O) groups excluding carboxylic acids is 1. The molecule has 1 fully saturated rings. The van der Waals surface area contributed by atoms with Crippen LogP contribution in [-0.4, -0.2) is 17.1 Å². The van der Waals surface area contributed by atoms with Gasteiger partial charge in [0.25, 0.3) is 0 Å². The van der Waals surface area contributed by atoms with E-state index in [0.29, 0.717) is 0 Å². The minimum absolute atomic E-state index is 0.222. The van der Waals surface area contributed by atoms with Crippen LogP contribution in [0.15, 0.2) is 0 Å². The van der Waals surface area contributed by atoms with Gasteiger partial charge in [0.1, 0.15) is 0 Å². The van der Waals surface area contributed by atoms with E-state index in [2.05, 4.69) is 0 Å². The van der Waals surface area contributed by atoms with Gasteiger partial charge in [0, 0.05) is 10.8 Å². The first-order chi connectivity index (χ1) is 5.22. The highest BCUT2D eigenvalue weighted by Crippen LogP contribution is 2.58. The van der Waals surface area contributed by atoms with Crippen LogP contribution in [0.2, 0.25) is 0 Å². The standard InChI is InChI=1S/C9H17NO2/c1-8(2)5(6(10)11)9(3,4)7(8)12/h5,7,12H,1-4H3,(H2,10,11). The number of primary amides is 1. The predicted octanol–water partition coefficient (Wildman–Crippen LogP) is 0.515. The van der Waals surface area contributed by atoms with E-state index < -0.39 is 6.10 Å². The molecule has 12 heavy (non-hydrogen) atoms. The summed E-state index contributed by atoms with van der Waals surface area (Å²) in [6.07, 6.45) is -0.442. The van der Waals surface area contributed by atoms with Crippen LogP contribution in [0.25, 0.3) is 0 Å². The molecule has 0 atom stereocenters. The summed E-state index contributed by atoms with van der Waals surface area (Å²) in [5.74, 6) is -0.532. The van der Waals surface area contributed by atoms with Gasteiger partial charge < -0.3 is 10.8 Å². The number of rotatable bonds is 1. The molecule has 0 bridgehead atoms. The summed E-state index contributed by atoms with van der Waals surface area (Å²) in [7, 11) is 0. The molecule has 70 valence electrons. The Morgan fingerprint density at radius 3 is 1.75 bits per heavy atom. The van der Waals surface area contributed by atoms with Gasteiger partial charge in [-0.25, -0.2) is 0 Å². The average molecular weight is 171 g/mol. The Morgan fingerprint density at radius 2 is 1.58 bits per heavy atom. The summed E-state index contributed by atoms with van der Waals surface area (Å²) in [6, 6.07) is 0. The van der Waals surface area contributed by atoms with Crippen molar-refractivity contribution in [1.29, 1.82) is 0 Å². The summed E-state index contributed by atoms with van der Waals surface area (Å²) in [5, 5.41) is 9.72. The van der Waals surface area contributed by atoms with Crippen LogP contribution in [-0.2, 0) is 4.79 Å². The summed E-state index contributed by atoms with van der Waals surface area (Å²) < 4.78 is 0. The molecule has 0 heterocycles. The highest BCUT2D eigenvalue weighted by atomic mass is 16.3. The molecule has 3 nitrogen and oxygen atoms in total. The topological polar surface area (TPSA) is 63.3 Å². The van der Waals surface area contributed by atoms with Crippen molar-refractivity contribution in [3.8, 4) is 0 Å². The molecule has 3 N–H and O–H groups in total. The Labute approximate surface area is 72.9 Å². The summed E-state index contributed by atoms with van der Waals surface area (Å²) in [6.45, 7) is 7.49. The molecule has 1 aliphatic rings. The van der Waals surface area contributed by atoms with Crippen molar-refractivity contribution in [1.82, 2.24) is 0 Å². The van der Waals surface area contributed by atoms with Gasteiger partial charge >= 0.3 is 0 Å². The fourth-order valence-electron chi connectivity index (χ4n) is 2.87.